The van der Waals surface area contributed by atoms with Crippen molar-refractivity contribution in [2.75, 3.05) is 0 Å². The summed E-state index contributed by atoms with van der Waals surface area (Å²) in [6.45, 7) is 2.96. The van der Waals surface area contributed by atoms with Gasteiger partial charge in [0.15, 0.2) is 0 Å². The largest absolute Gasteiger partial charge is 0.478 e. The summed E-state index contributed by atoms with van der Waals surface area (Å²) in [5, 5.41) is 7.60. The van der Waals surface area contributed by atoms with E-state index in [1.165, 1.54) is 0 Å². The van der Waals surface area contributed by atoms with E-state index in [1.54, 1.807) is 0 Å². The van der Waals surface area contributed by atoms with Crippen LogP contribution in [0.5, 0.6) is 0 Å². The second kappa shape index (κ2) is 7.49. The molecule has 0 aromatic rings. The van der Waals surface area contributed by atoms with E-state index in [2.05, 4.69) is 6.58 Å². The molecule has 0 aromatic heterocycles. The van der Waals surface area contributed by atoms with Crippen molar-refractivity contribution in [2.45, 2.75) is 0 Å². The van der Waals surface area contributed by atoms with Crippen LogP contribution in [0.2, 0.25) is 0 Å². The van der Waals surface area contributed by atoms with Crippen molar-refractivity contribution < 1.29 is 23.9 Å². The number of carboxylic acids is 1. The van der Waals surface area contributed by atoms with Gasteiger partial charge in [-0.15, -0.1) is 0 Å². The predicted molar refractivity (Wildman–Crippen MR) is 30.3 cm³/mol. The Morgan fingerprint density at radius 2 is 1.78 bits per heavy atom. The third-order valence-corrected chi connectivity index (χ3v) is 0.175. The van der Waals surface area contributed by atoms with Crippen LogP contribution in [-0.4, -0.2) is 20.9 Å². The molecule has 4 nitrogen and oxygen atoms in total. The zero-order valence-electron chi connectivity index (χ0n) is 4.36. The molecule has 0 aliphatic heterocycles. The van der Waals surface area contributed by atoms with E-state index in [0.717, 1.165) is 6.08 Å². The molecule has 0 saturated heterocycles. The highest BCUT2D eigenvalue weighted by atomic mass is 31.2. The van der Waals surface area contributed by atoms with Gasteiger partial charge in [-0.25, -0.2) is 4.79 Å². The Kier molecular flexibility index (Phi) is 9.41. The molecule has 54 valence electrons. The molecular weight excluding hydrogens is 150 g/mol. The first-order valence-corrected chi connectivity index (χ1v) is 2.83. The summed E-state index contributed by atoms with van der Waals surface area (Å²) < 4.78 is 10.2. The van der Waals surface area contributed by atoms with Gasteiger partial charge in [-0.3, -0.25) is 0 Å². The highest BCUT2D eigenvalue weighted by Gasteiger charge is 1.81. The summed E-state index contributed by atoms with van der Waals surface area (Å²) in [5.41, 5.74) is 0. The monoisotopic (exact) mass is 156 g/mol. The van der Waals surface area contributed by atoms with E-state index in [9.17, 15) is 8.99 Å². The molecule has 0 heterocycles. The van der Waals surface area contributed by atoms with E-state index in [1.807, 2.05) is 0 Å². The molecular formula is C3H6FO4P. The number of carbonyl (C=O) groups is 1. The number of hydrogen-bond donors (Lipinski definition) is 3. The maximum Gasteiger partial charge on any atom is 0.369 e. The second-order valence-corrected chi connectivity index (χ2v) is 1.26. The standard InChI is InChI=1S/C3H4O2.FH2O2P/c1-2-3(4)5;1-4(2)3/h2H,1H2,(H,4,5);2-3H. The summed E-state index contributed by atoms with van der Waals surface area (Å²) in [7, 11) is -3.12. The number of halogens is 1. The van der Waals surface area contributed by atoms with Crippen LogP contribution in [0.3, 0.4) is 0 Å². The highest BCUT2D eigenvalue weighted by Crippen LogP contribution is 2.22. The van der Waals surface area contributed by atoms with Gasteiger partial charge < -0.3 is 14.9 Å². The van der Waals surface area contributed by atoms with Crippen molar-refractivity contribution in [1.29, 1.82) is 0 Å². The molecule has 3 N–H and O–H groups in total. The van der Waals surface area contributed by atoms with Crippen LogP contribution in [0.15, 0.2) is 12.7 Å². The van der Waals surface area contributed by atoms with Gasteiger partial charge in [0.2, 0.25) is 0 Å². The minimum atomic E-state index is -3.12. The van der Waals surface area contributed by atoms with Crippen LogP contribution < -0.4 is 0 Å². The molecule has 0 radical (unpaired) electrons. The third kappa shape index (κ3) is 102. The molecule has 0 aliphatic rings. The summed E-state index contributed by atoms with van der Waals surface area (Å²) in [4.78, 5) is 23.3. The van der Waals surface area contributed by atoms with Gasteiger partial charge in [-0.2, -0.15) is 4.20 Å². The fourth-order valence-corrected chi connectivity index (χ4v) is 0. The SMILES string of the molecule is C=CC(=O)O.OP(O)F. The molecule has 0 amide bonds. The Bertz CT molecular complexity index is 91.1. The molecule has 0 atom stereocenters. The van der Waals surface area contributed by atoms with Crippen molar-refractivity contribution in [2.24, 2.45) is 0 Å². The Balaban J connectivity index is 0. The number of hydrogen-bond acceptors (Lipinski definition) is 3. The lowest BCUT2D eigenvalue weighted by atomic mass is 10.7. The first-order valence-electron chi connectivity index (χ1n) is 1.69. The highest BCUT2D eigenvalue weighted by molar-refractivity contribution is 7.38. The van der Waals surface area contributed by atoms with Crippen LogP contribution in [0.25, 0.3) is 0 Å². The molecule has 0 spiro atoms. The van der Waals surface area contributed by atoms with Crippen molar-refractivity contribution in [3.05, 3.63) is 12.7 Å². The van der Waals surface area contributed by atoms with Crippen LogP contribution in [0.4, 0.5) is 4.20 Å². The first-order chi connectivity index (χ1) is 4.00. The first kappa shape index (κ1) is 11.3. The van der Waals surface area contributed by atoms with Crippen molar-refractivity contribution >= 4 is 14.7 Å². The van der Waals surface area contributed by atoms with Crippen LogP contribution in [0, 0.1) is 0 Å². The van der Waals surface area contributed by atoms with Gasteiger partial charge in [-0.05, 0) is 0 Å². The maximum atomic E-state index is 10.2. The van der Waals surface area contributed by atoms with Gasteiger partial charge in [0.05, 0.1) is 0 Å². The summed E-state index contributed by atoms with van der Waals surface area (Å²) >= 11 is 0. The van der Waals surface area contributed by atoms with Crippen LogP contribution >= 0.6 is 8.69 Å². The van der Waals surface area contributed by atoms with Gasteiger partial charge in [0, 0.05) is 6.08 Å². The molecule has 0 bridgehead atoms. The molecule has 0 saturated carbocycles. The fourth-order valence-electron chi connectivity index (χ4n) is 0. The van der Waals surface area contributed by atoms with E-state index in [-0.39, 0.29) is 0 Å². The van der Waals surface area contributed by atoms with E-state index >= 15 is 0 Å². The average Bonchev–Trinajstić information content (AvgIpc) is 1.65. The van der Waals surface area contributed by atoms with Crippen LogP contribution in [0.1, 0.15) is 0 Å². The van der Waals surface area contributed by atoms with Gasteiger partial charge in [0.25, 0.3) is 0 Å². The Morgan fingerprint density at radius 3 is 1.78 bits per heavy atom. The van der Waals surface area contributed by atoms with Gasteiger partial charge in [0.1, 0.15) is 0 Å². The third-order valence-electron chi connectivity index (χ3n) is 0.175. The Labute approximate surface area is 52.3 Å². The molecule has 9 heavy (non-hydrogen) atoms. The maximum absolute atomic E-state index is 10.2. The fraction of sp³-hybridized carbons (Fsp3) is 0. The molecule has 0 rings (SSSR count). The average molecular weight is 156 g/mol. The van der Waals surface area contributed by atoms with E-state index in [4.69, 9.17) is 14.9 Å². The minimum absolute atomic E-state index is 0.833. The zero-order chi connectivity index (χ0) is 7.86. The molecule has 0 aromatic carbocycles. The number of rotatable bonds is 1. The normalized spacial score (nSPS) is 7.56. The van der Waals surface area contributed by atoms with E-state index < -0.39 is 14.7 Å². The minimum Gasteiger partial charge on any atom is -0.478 e. The molecule has 0 unspecified atom stereocenters. The quantitative estimate of drug-likeness (QED) is 0.380. The van der Waals surface area contributed by atoms with E-state index in [0.29, 0.717) is 0 Å². The topological polar surface area (TPSA) is 77.8 Å². The molecule has 6 heteroatoms. The van der Waals surface area contributed by atoms with Gasteiger partial charge in [-0.1, -0.05) is 6.58 Å². The summed E-state index contributed by atoms with van der Waals surface area (Å²) in [6.07, 6.45) is 0.833. The summed E-state index contributed by atoms with van der Waals surface area (Å²) in [5.74, 6) is -0.981. The lowest BCUT2D eigenvalue weighted by Gasteiger charge is -1.71. The Morgan fingerprint density at radius 1 is 1.67 bits per heavy atom. The van der Waals surface area contributed by atoms with Gasteiger partial charge >= 0.3 is 14.7 Å². The smallest absolute Gasteiger partial charge is 0.369 e. The summed E-state index contributed by atoms with van der Waals surface area (Å²) in [6, 6.07) is 0. The molecule has 0 aliphatic carbocycles. The second-order valence-electron chi connectivity index (χ2n) is 0.783. The lowest BCUT2D eigenvalue weighted by Crippen LogP contribution is -1.82. The lowest BCUT2D eigenvalue weighted by molar-refractivity contribution is -0.131. The van der Waals surface area contributed by atoms with Crippen molar-refractivity contribution in [1.82, 2.24) is 0 Å². The van der Waals surface area contributed by atoms with Crippen molar-refractivity contribution in [3.63, 3.8) is 0 Å². The zero-order valence-corrected chi connectivity index (χ0v) is 5.25. The predicted octanol–water partition coefficient (Wildman–Crippen LogP) is 0.424. The van der Waals surface area contributed by atoms with Crippen LogP contribution in [-0.2, 0) is 4.79 Å². The number of aliphatic carboxylic acids is 1. The molecule has 0 fully saturated rings. The number of carboxylic acid groups (broad SMARTS) is 1. The van der Waals surface area contributed by atoms with Crippen molar-refractivity contribution in [3.8, 4) is 0 Å². The Hall–Kier alpha value is -0.510.